The van der Waals surface area contributed by atoms with Crippen LogP contribution in [0.2, 0.25) is 0 Å². The minimum Gasteiger partial charge on any atom is -0.258 e. The molecule has 0 spiro atoms. The first-order valence-corrected chi connectivity index (χ1v) is 5.56. The van der Waals surface area contributed by atoms with Gasteiger partial charge in [0.2, 0.25) is 0 Å². The molecule has 0 N–H and O–H groups in total. The van der Waals surface area contributed by atoms with Crippen LogP contribution in [0.5, 0.6) is 0 Å². The molecule has 1 aromatic rings. The third kappa shape index (κ3) is 2.22. The number of hydrogen-bond donors (Lipinski definition) is 0. The molecular formula is C8H8BrNO2S. The lowest BCUT2D eigenvalue weighted by molar-refractivity contribution is -0.385. The van der Waals surface area contributed by atoms with E-state index in [0.29, 0.717) is 0 Å². The number of rotatable bonds is 2. The molecule has 0 saturated carbocycles. The predicted molar refractivity (Wildman–Crippen MR) is 57.3 cm³/mol. The Morgan fingerprint density at radius 2 is 2.15 bits per heavy atom. The van der Waals surface area contributed by atoms with Crippen LogP contribution in [-0.2, 0) is 0 Å². The summed E-state index contributed by atoms with van der Waals surface area (Å²) in [5.74, 6) is 0. The maximum Gasteiger partial charge on any atom is 0.270 e. The molecule has 13 heavy (non-hydrogen) atoms. The predicted octanol–water partition coefficient (Wildman–Crippen LogP) is 3.39. The highest BCUT2D eigenvalue weighted by Gasteiger charge is 2.11. The van der Waals surface area contributed by atoms with Gasteiger partial charge in [0.1, 0.15) is 0 Å². The van der Waals surface area contributed by atoms with E-state index in [-0.39, 0.29) is 10.6 Å². The largest absolute Gasteiger partial charge is 0.270 e. The van der Waals surface area contributed by atoms with E-state index in [9.17, 15) is 10.1 Å². The molecule has 0 aliphatic carbocycles. The molecular weight excluding hydrogens is 254 g/mol. The molecule has 0 unspecified atom stereocenters. The van der Waals surface area contributed by atoms with Gasteiger partial charge < -0.3 is 0 Å². The summed E-state index contributed by atoms with van der Waals surface area (Å²) in [5.41, 5.74) is 1.03. The summed E-state index contributed by atoms with van der Waals surface area (Å²) in [6.07, 6.45) is 1.89. The van der Waals surface area contributed by atoms with Crippen LogP contribution in [0.25, 0.3) is 0 Å². The highest BCUT2D eigenvalue weighted by atomic mass is 79.9. The highest BCUT2D eigenvalue weighted by Crippen LogP contribution is 2.32. The van der Waals surface area contributed by atoms with Crippen molar-refractivity contribution in [2.75, 3.05) is 6.26 Å². The van der Waals surface area contributed by atoms with Crippen molar-refractivity contribution in [1.82, 2.24) is 0 Å². The molecule has 0 aliphatic rings. The zero-order valence-corrected chi connectivity index (χ0v) is 9.61. The lowest BCUT2D eigenvalue weighted by Crippen LogP contribution is -1.90. The van der Waals surface area contributed by atoms with E-state index in [1.54, 1.807) is 12.1 Å². The Balaban J connectivity index is 3.30. The zero-order valence-electron chi connectivity index (χ0n) is 7.20. The van der Waals surface area contributed by atoms with Gasteiger partial charge in [-0.25, -0.2) is 0 Å². The molecule has 1 rings (SSSR count). The van der Waals surface area contributed by atoms with Crippen molar-refractivity contribution in [3.8, 4) is 0 Å². The molecule has 0 heterocycles. The van der Waals surface area contributed by atoms with Crippen molar-refractivity contribution in [3.63, 3.8) is 0 Å². The highest BCUT2D eigenvalue weighted by molar-refractivity contribution is 9.10. The minimum absolute atomic E-state index is 0.144. The SMILES string of the molecule is CSc1cc([N+](=O)[O-])cc(C)c1Br. The first kappa shape index (κ1) is 10.5. The molecule has 0 fully saturated rings. The van der Waals surface area contributed by atoms with Gasteiger partial charge in [-0.1, -0.05) is 0 Å². The average molecular weight is 262 g/mol. The summed E-state index contributed by atoms with van der Waals surface area (Å²) in [7, 11) is 0. The summed E-state index contributed by atoms with van der Waals surface area (Å²) in [5, 5.41) is 10.5. The van der Waals surface area contributed by atoms with Crippen molar-refractivity contribution in [1.29, 1.82) is 0 Å². The van der Waals surface area contributed by atoms with Gasteiger partial charge >= 0.3 is 0 Å². The fraction of sp³-hybridized carbons (Fsp3) is 0.250. The maximum atomic E-state index is 10.5. The van der Waals surface area contributed by atoms with E-state index in [1.165, 1.54) is 11.8 Å². The van der Waals surface area contributed by atoms with Gasteiger partial charge in [-0.05, 0) is 34.7 Å². The number of halogens is 1. The molecule has 0 radical (unpaired) electrons. The summed E-state index contributed by atoms with van der Waals surface area (Å²) in [4.78, 5) is 11.0. The molecule has 0 saturated heterocycles. The molecule has 70 valence electrons. The molecule has 0 bridgehead atoms. The maximum absolute atomic E-state index is 10.5. The van der Waals surface area contributed by atoms with Crippen molar-refractivity contribution in [3.05, 3.63) is 32.3 Å². The van der Waals surface area contributed by atoms with E-state index < -0.39 is 0 Å². The van der Waals surface area contributed by atoms with Gasteiger partial charge in [0.25, 0.3) is 5.69 Å². The number of nitro groups is 1. The van der Waals surface area contributed by atoms with Crippen molar-refractivity contribution in [2.24, 2.45) is 0 Å². The Kier molecular flexibility index (Phi) is 3.33. The quantitative estimate of drug-likeness (QED) is 0.466. The number of nitrogens with zero attached hydrogens (tertiary/aromatic N) is 1. The number of nitro benzene ring substituents is 1. The Labute approximate surface area is 88.8 Å². The second-order valence-electron chi connectivity index (χ2n) is 2.54. The summed E-state index contributed by atoms with van der Waals surface area (Å²) < 4.78 is 0.936. The number of aryl methyl sites for hydroxylation is 1. The topological polar surface area (TPSA) is 43.1 Å². The summed E-state index contributed by atoms with van der Waals surface area (Å²) >= 11 is 4.87. The van der Waals surface area contributed by atoms with Crippen molar-refractivity contribution >= 4 is 33.4 Å². The van der Waals surface area contributed by atoms with Gasteiger partial charge in [-0.3, -0.25) is 10.1 Å². The standard InChI is InChI=1S/C8H8BrNO2S/c1-5-3-6(10(11)12)4-7(13-2)8(5)9/h3-4H,1-2H3. The van der Waals surface area contributed by atoms with Crippen LogP contribution < -0.4 is 0 Å². The smallest absolute Gasteiger partial charge is 0.258 e. The van der Waals surface area contributed by atoms with Gasteiger partial charge in [0.05, 0.1) is 4.92 Å². The number of thioether (sulfide) groups is 1. The number of non-ortho nitro benzene ring substituents is 1. The van der Waals surface area contributed by atoms with E-state index in [0.717, 1.165) is 14.9 Å². The average Bonchev–Trinajstić information content (AvgIpc) is 2.09. The van der Waals surface area contributed by atoms with Crippen LogP contribution in [0.4, 0.5) is 5.69 Å². The van der Waals surface area contributed by atoms with Gasteiger partial charge in [0, 0.05) is 21.5 Å². The van der Waals surface area contributed by atoms with Crippen molar-refractivity contribution < 1.29 is 4.92 Å². The van der Waals surface area contributed by atoms with E-state index >= 15 is 0 Å². The zero-order chi connectivity index (χ0) is 10.0. The minimum atomic E-state index is -0.376. The number of benzene rings is 1. The molecule has 0 aromatic heterocycles. The third-order valence-corrected chi connectivity index (χ3v) is 3.71. The first-order chi connectivity index (χ1) is 6.06. The van der Waals surface area contributed by atoms with E-state index in [4.69, 9.17) is 0 Å². The first-order valence-electron chi connectivity index (χ1n) is 3.54. The Hall–Kier alpha value is -0.550. The molecule has 0 aliphatic heterocycles. The molecule has 1 aromatic carbocycles. The van der Waals surface area contributed by atoms with Gasteiger partial charge in [-0.15, -0.1) is 11.8 Å². The Bertz CT molecular complexity index is 354. The molecule has 0 amide bonds. The van der Waals surface area contributed by atoms with Crippen LogP contribution in [0.1, 0.15) is 5.56 Å². The van der Waals surface area contributed by atoms with Crippen LogP contribution in [0, 0.1) is 17.0 Å². The van der Waals surface area contributed by atoms with Crippen molar-refractivity contribution in [2.45, 2.75) is 11.8 Å². The summed E-state index contributed by atoms with van der Waals surface area (Å²) in [6, 6.07) is 3.13. The Morgan fingerprint density at radius 3 is 2.62 bits per heavy atom. The monoisotopic (exact) mass is 261 g/mol. The van der Waals surface area contributed by atoms with E-state index in [2.05, 4.69) is 15.9 Å². The normalized spacial score (nSPS) is 10.1. The summed E-state index contributed by atoms with van der Waals surface area (Å²) in [6.45, 7) is 1.84. The van der Waals surface area contributed by atoms with Crippen LogP contribution in [0.15, 0.2) is 21.5 Å². The third-order valence-electron chi connectivity index (χ3n) is 1.64. The lowest BCUT2D eigenvalue weighted by Gasteiger charge is -2.03. The van der Waals surface area contributed by atoms with Crippen LogP contribution >= 0.6 is 27.7 Å². The fourth-order valence-electron chi connectivity index (χ4n) is 0.973. The van der Waals surface area contributed by atoms with Crippen LogP contribution in [0.3, 0.4) is 0 Å². The Morgan fingerprint density at radius 1 is 1.54 bits per heavy atom. The van der Waals surface area contributed by atoms with Gasteiger partial charge in [-0.2, -0.15) is 0 Å². The second-order valence-corrected chi connectivity index (χ2v) is 4.18. The lowest BCUT2D eigenvalue weighted by atomic mass is 10.2. The molecule has 0 atom stereocenters. The van der Waals surface area contributed by atoms with Gasteiger partial charge in [0.15, 0.2) is 0 Å². The molecule has 5 heteroatoms. The fourth-order valence-corrected chi connectivity index (χ4v) is 2.27. The van der Waals surface area contributed by atoms with E-state index in [1.807, 2.05) is 13.2 Å². The number of hydrogen-bond acceptors (Lipinski definition) is 3. The van der Waals surface area contributed by atoms with Crippen LogP contribution in [-0.4, -0.2) is 11.2 Å². The molecule has 3 nitrogen and oxygen atoms in total. The second kappa shape index (κ2) is 4.11.